The molecule has 0 heterocycles. The standard InChI is InChI=1S/C14H10Br3FO/c15-9-1-2-13(17)12(7-9)14(19)5-8-3-10(16)6-11(18)4-8/h1-4,6-7,14,19H,5H2. The molecule has 0 fully saturated rings. The van der Waals surface area contributed by atoms with Gasteiger partial charge in [-0.2, -0.15) is 0 Å². The van der Waals surface area contributed by atoms with Crippen molar-refractivity contribution in [2.24, 2.45) is 0 Å². The zero-order valence-electron chi connectivity index (χ0n) is 9.71. The maximum absolute atomic E-state index is 13.3. The van der Waals surface area contributed by atoms with Crippen LogP contribution in [0.4, 0.5) is 4.39 Å². The summed E-state index contributed by atoms with van der Waals surface area (Å²) in [7, 11) is 0. The number of aliphatic hydroxyl groups excluding tert-OH is 1. The first-order valence-electron chi connectivity index (χ1n) is 5.53. The second-order valence-electron chi connectivity index (χ2n) is 4.16. The van der Waals surface area contributed by atoms with Crippen LogP contribution in [0.1, 0.15) is 17.2 Å². The summed E-state index contributed by atoms with van der Waals surface area (Å²) in [4.78, 5) is 0. The zero-order chi connectivity index (χ0) is 14.0. The lowest BCUT2D eigenvalue weighted by Gasteiger charge is -2.14. The quantitative estimate of drug-likeness (QED) is 0.662. The highest BCUT2D eigenvalue weighted by atomic mass is 79.9. The summed E-state index contributed by atoms with van der Waals surface area (Å²) in [5, 5.41) is 10.3. The van der Waals surface area contributed by atoms with E-state index < -0.39 is 6.10 Å². The van der Waals surface area contributed by atoms with Gasteiger partial charge in [0.15, 0.2) is 0 Å². The Balaban J connectivity index is 2.25. The van der Waals surface area contributed by atoms with Crippen molar-refractivity contribution < 1.29 is 9.50 Å². The minimum atomic E-state index is -0.694. The summed E-state index contributed by atoms with van der Waals surface area (Å²) in [5.74, 6) is -0.315. The van der Waals surface area contributed by atoms with Gasteiger partial charge >= 0.3 is 0 Å². The fourth-order valence-electron chi connectivity index (χ4n) is 1.83. The second kappa shape index (κ2) is 6.48. The molecule has 0 aliphatic heterocycles. The van der Waals surface area contributed by atoms with E-state index in [0.29, 0.717) is 10.9 Å². The van der Waals surface area contributed by atoms with Crippen LogP contribution in [0.2, 0.25) is 0 Å². The van der Waals surface area contributed by atoms with Crippen molar-refractivity contribution >= 4 is 47.8 Å². The third kappa shape index (κ3) is 4.12. The predicted octanol–water partition coefficient (Wildman–Crippen LogP) is 5.39. The molecule has 19 heavy (non-hydrogen) atoms. The van der Waals surface area contributed by atoms with Crippen LogP contribution in [0.3, 0.4) is 0 Å². The van der Waals surface area contributed by atoms with Gasteiger partial charge in [0.05, 0.1) is 6.10 Å². The maximum atomic E-state index is 13.3. The molecule has 0 aliphatic rings. The van der Waals surface area contributed by atoms with Gasteiger partial charge in [0.25, 0.3) is 0 Å². The molecule has 1 atom stereocenters. The molecule has 0 amide bonds. The Labute approximate surface area is 136 Å². The molecule has 5 heteroatoms. The molecular weight excluding hydrogens is 443 g/mol. The molecule has 0 saturated carbocycles. The third-order valence-electron chi connectivity index (χ3n) is 2.67. The van der Waals surface area contributed by atoms with Gasteiger partial charge in [-0.15, -0.1) is 0 Å². The Kier molecular flexibility index (Phi) is 5.17. The van der Waals surface area contributed by atoms with Gasteiger partial charge in [0, 0.05) is 19.8 Å². The molecule has 1 nitrogen and oxygen atoms in total. The van der Waals surface area contributed by atoms with Crippen molar-refractivity contribution in [3.8, 4) is 0 Å². The molecule has 1 unspecified atom stereocenters. The minimum absolute atomic E-state index is 0.315. The highest BCUT2D eigenvalue weighted by Gasteiger charge is 2.13. The largest absolute Gasteiger partial charge is 0.388 e. The smallest absolute Gasteiger partial charge is 0.124 e. The normalized spacial score (nSPS) is 12.5. The summed E-state index contributed by atoms with van der Waals surface area (Å²) in [5.41, 5.74) is 1.51. The molecule has 0 aliphatic carbocycles. The zero-order valence-corrected chi connectivity index (χ0v) is 14.5. The average molecular weight is 453 g/mol. The van der Waals surface area contributed by atoms with Crippen LogP contribution in [0, 0.1) is 5.82 Å². The third-order valence-corrected chi connectivity index (χ3v) is 4.34. The molecule has 2 aromatic rings. The van der Waals surface area contributed by atoms with Crippen LogP contribution < -0.4 is 0 Å². The van der Waals surface area contributed by atoms with E-state index in [0.717, 1.165) is 20.1 Å². The van der Waals surface area contributed by atoms with Crippen molar-refractivity contribution in [3.63, 3.8) is 0 Å². The van der Waals surface area contributed by atoms with Gasteiger partial charge in [-0.1, -0.05) is 47.8 Å². The topological polar surface area (TPSA) is 20.2 Å². The molecule has 2 rings (SSSR count). The number of aliphatic hydroxyl groups is 1. The van der Waals surface area contributed by atoms with E-state index in [1.54, 1.807) is 6.07 Å². The lowest BCUT2D eigenvalue weighted by molar-refractivity contribution is 0.177. The summed E-state index contributed by atoms with van der Waals surface area (Å²) >= 11 is 10.0. The number of benzene rings is 2. The van der Waals surface area contributed by atoms with E-state index >= 15 is 0 Å². The van der Waals surface area contributed by atoms with E-state index in [-0.39, 0.29) is 5.82 Å². The number of halogens is 4. The molecule has 100 valence electrons. The summed E-state index contributed by atoms with van der Waals surface area (Å²) < 4.78 is 15.7. The fourth-order valence-corrected chi connectivity index (χ4v) is 3.23. The van der Waals surface area contributed by atoms with Gasteiger partial charge in [0.2, 0.25) is 0 Å². The Morgan fingerprint density at radius 3 is 2.42 bits per heavy atom. The molecule has 0 bridgehead atoms. The van der Waals surface area contributed by atoms with Crippen molar-refractivity contribution in [3.05, 3.63) is 66.8 Å². The lowest BCUT2D eigenvalue weighted by atomic mass is 10.0. The highest BCUT2D eigenvalue weighted by Crippen LogP contribution is 2.29. The van der Waals surface area contributed by atoms with Gasteiger partial charge in [0.1, 0.15) is 5.82 Å². The van der Waals surface area contributed by atoms with Gasteiger partial charge in [-0.3, -0.25) is 0 Å². The SMILES string of the molecule is OC(Cc1cc(F)cc(Br)c1)c1cc(Br)ccc1Br. The Bertz CT molecular complexity index is 581. The van der Waals surface area contributed by atoms with Gasteiger partial charge in [-0.05, 0) is 47.5 Å². The van der Waals surface area contributed by atoms with Crippen LogP contribution in [-0.2, 0) is 6.42 Å². The Hall–Kier alpha value is -0.230. The monoisotopic (exact) mass is 450 g/mol. The summed E-state index contributed by atoms with van der Waals surface area (Å²) in [6.45, 7) is 0. The highest BCUT2D eigenvalue weighted by molar-refractivity contribution is 9.11. The van der Waals surface area contributed by atoms with E-state index in [9.17, 15) is 9.50 Å². The first-order chi connectivity index (χ1) is 8.95. The second-order valence-corrected chi connectivity index (χ2v) is 6.85. The van der Waals surface area contributed by atoms with Gasteiger partial charge in [-0.25, -0.2) is 4.39 Å². The van der Waals surface area contributed by atoms with E-state index in [1.165, 1.54) is 12.1 Å². The summed E-state index contributed by atoms with van der Waals surface area (Å²) in [6, 6.07) is 10.2. The number of rotatable bonds is 3. The van der Waals surface area contributed by atoms with E-state index in [2.05, 4.69) is 47.8 Å². The minimum Gasteiger partial charge on any atom is -0.388 e. The molecular formula is C14H10Br3FO. The average Bonchev–Trinajstić information content (AvgIpc) is 2.30. The van der Waals surface area contributed by atoms with Crippen LogP contribution in [0.15, 0.2) is 49.8 Å². The first-order valence-corrected chi connectivity index (χ1v) is 7.91. The predicted molar refractivity (Wildman–Crippen MR) is 84.6 cm³/mol. The van der Waals surface area contributed by atoms with E-state index in [1.807, 2.05) is 18.2 Å². The summed E-state index contributed by atoms with van der Waals surface area (Å²) in [6.07, 6.45) is -0.341. The maximum Gasteiger partial charge on any atom is 0.124 e. The lowest BCUT2D eigenvalue weighted by Crippen LogP contribution is -2.03. The van der Waals surface area contributed by atoms with Gasteiger partial charge < -0.3 is 5.11 Å². The van der Waals surface area contributed by atoms with Crippen molar-refractivity contribution in [1.29, 1.82) is 0 Å². The fraction of sp³-hybridized carbons (Fsp3) is 0.143. The molecule has 2 aromatic carbocycles. The number of hydrogen-bond acceptors (Lipinski definition) is 1. The molecule has 0 radical (unpaired) electrons. The Morgan fingerprint density at radius 1 is 1.00 bits per heavy atom. The van der Waals surface area contributed by atoms with Crippen LogP contribution >= 0.6 is 47.8 Å². The van der Waals surface area contributed by atoms with Crippen molar-refractivity contribution in [1.82, 2.24) is 0 Å². The first kappa shape index (κ1) is 15.2. The van der Waals surface area contributed by atoms with Crippen molar-refractivity contribution in [2.45, 2.75) is 12.5 Å². The van der Waals surface area contributed by atoms with Crippen LogP contribution in [0.5, 0.6) is 0 Å². The molecule has 0 saturated heterocycles. The van der Waals surface area contributed by atoms with E-state index in [4.69, 9.17) is 0 Å². The molecule has 1 N–H and O–H groups in total. The van der Waals surface area contributed by atoms with Crippen LogP contribution in [0.25, 0.3) is 0 Å². The molecule has 0 spiro atoms. The van der Waals surface area contributed by atoms with Crippen molar-refractivity contribution in [2.75, 3.05) is 0 Å². The number of hydrogen-bond donors (Lipinski definition) is 1. The van der Waals surface area contributed by atoms with Crippen LogP contribution in [-0.4, -0.2) is 5.11 Å². The molecule has 0 aromatic heterocycles. The Morgan fingerprint density at radius 2 is 1.74 bits per heavy atom.